The minimum Gasteiger partial charge on any atom is -0.340 e. The maximum Gasteiger partial charge on any atom is 0.242 e. The molecule has 2 heterocycles. The number of amides is 2. The van der Waals surface area contributed by atoms with E-state index in [4.69, 9.17) is 5.73 Å². The number of likely N-dealkylation sites (tertiary alicyclic amines) is 1. The summed E-state index contributed by atoms with van der Waals surface area (Å²) < 4.78 is 0.852. The van der Waals surface area contributed by atoms with Crippen molar-refractivity contribution in [1.29, 1.82) is 0 Å². The number of carbonyl (C=O) groups excluding carboxylic acids is 2. The van der Waals surface area contributed by atoms with Crippen molar-refractivity contribution in [3.05, 3.63) is 22.8 Å². The molecule has 6 nitrogen and oxygen atoms in total. The highest BCUT2D eigenvalue weighted by atomic mass is 79.9. The molecule has 3 N–H and O–H groups in total. The van der Waals surface area contributed by atoms with Gasteiger partial charge in [0.2, 0.25) is 11.8 Å². The van der Waals surface area contributed by atoms with Gasteiger partial charge < -0.3 is 16.0 Å². The van der Waals surface area contributed by atoms with Crippen LogP contribution >= 0.6 is 15.9 Å². The number of aromatic nitrogens is 1. The highest BCUT2D eigenvalue weighted by molar-refractivity contribution is 9.10. The van der Waals surface area contributed by atoms with E-state index in [9.17, 15) is 9.59 Å². The Morgan fingerprint density at radius 3 is 2.77 bits per heavy atom. The van der Waals surface area contributed by atoms with Crippen molar-refractivity contribution in [1.82, 2.24) is 9.88 Å². The summed E-state index contributed by atoms with van der Waals surface area (Å²) in [5, 5.41) is 2.80. The van der Waals surface area contributed by atoms with Crippen LogP contribution in [-0.4, -0.2) is 40.3 Å². The number of pyridine rings is 1. The predicted octanol–water partition coefficient (Wildman–Crippen LogP) is 1.76. The Labute approximate surface area is 138 Å². The molecule has 7 heteroatoms. The molecule has 1 unspecified atom stereocenters. The minimum atomic E-state index is -0.911. The molecule has 1 aromatic heterocycles. The summed E-state index contributed by atoms with van der Waals surface area (Å²) in [5.41, 5.74) is 4.95. The zero-order valence-corrected chi connectivity index (χ0v) is 14.4. The topological polar surface area (TPSA) is 88.3 Å². The van der Waals surface area contributed by atoms with Crippen LogP contribution in [0.4, 0.5) is 5.82 Å². The number of nitrogens with zero attached hydrogens (tertiary/aromatic N) is 2. The fourth-order valence-corrected chi connectivity index (χ4v) is 2.70. The number of hydrogen-bond donors (Lipinski definition) is 2. The molecule has 0 spiro atoms. The highest BCUT2D eigenvalue weighted by Gasteiger charge is 2.33. The number of nitrogens with one attached hydrogen (secondary N) is 1. The lowest BCUT2D eigenvalue weighted by molar-refractivity contribution is -0.138. The Morgan fingerprint density at radius 1 is 1.45 bits per heavy atom. The second kappa shape index (κ2) is 6.75. The highest BCUT2D eigenvalue weighted by Crippen LogP contribution is 2.20. The van der Waals surface area contributed by atoms with Crippen LogP contribution in [0.5, 0.6) is 0 Å². The van der Waals surface area contributed by atoms with Gasteiger partial charge in [0.05, 0.1) is 11.5 Å². The monoisotopic (exact) mass is 368 g/mol. The predicted molar refractivity (Wildman–Crippen MR) is 88.1 cm³/mol. The first kappa shape index (κ1) is 16.9. The summed E-state index contributed by atoms with van der Waals surface area (Å²) in [5.74, 6) is 0.0511. The van der Waals surface area contributed by atoms with Crippen molar-refractivity contribution in [2.24, 2.45) is 11.7 Å². The molecular weight excluding hydrogens is 348 g/mol. The van der Waals surface area contributed by atoms with Gasteiger partial charge in [-0.05, 0) is 54.8 Å². The maximum absolute atomic E-state index is 12.3. The van der Waals surface area contributed by atoms with Crippen LogP contribution < -0.4 is 11.1 Å². The van der Waals surface area contributed by atoms with Crippen LogP contribution in [0, 0.1) is 5.92 Å². The summed E-state index contributed by atoms with van der Waals surface area (Å²) >= 11 is 3.30. The molecule has 1 aromatic rings. The molecule has 1 saturated heterocycles. The molecule has 0 bridgehead atoms. The molecule has 22 heavy (non-hydrogen) atoms. The third kappa shape index (κ3) is 4.27. The van der Waals surface area contributed by atoms with E-state index >= 15 is 0 Å². The van der Waals surface area contributed by atoms with Crippen LogP contribution in [0.1, 0.15) is 26.7 Å². The molecule has 0 radical (unpaired) electrons. The van der Waals surface area contributed by atoms with Crippen LogP contribution in [0.3, 0.4) is 0 Å². The van der Waals surface area contributed by atoms with Crippen molar-refractivity contribution < 1.29 is 9.59 Å². The zero-order chi connectivity index (χ0) is 16.3. The average molecular weight is 369 g/mol. The SMILES string of the molecule is CC(C)(N)C(=O)N1CCCC(C(=O)Nc2ccc(Br)cn2)C1. The first-order valence-electron chi connectivity index (χ1n) is 7.28. The number of carbonyl (C=O) groups is 2. The molecule has 1 aliphatic heterocycles. The summed E-state index contributed by atoms with van der Waals surface area (Å²) in [7, 11) is 0. The Bertz CT molecular complexity index is 554. The lowest BCUT2D eigenvalue weighted by Crippen LogP contribution is -2.54. The number of rotatable bonds is 3. The van der Waals surface area contributed by atoms with Crippen molar-refractivity contribution in [3.63, 3.8) is 0 Å². The Morgan fingerprint density at radius 2 is 2.18 bits per heavy atom. The van der Waals surface area contributed by atoms with Gasteiger partial charge in [-0.1, -0.05) is 0 Å². The van der Waals surface area contributed by atoms with Gasteiger partial charge in [-0.2, -0.15) is 0 Å². The van der Waals surface area contributed by atoms with Gasteiger partial charge in [0, 0.05) is 23.8 Å². The van der Waals surface area contributed by atoms with Gasteiger partial charge in [-0.3, -0.25) is 9.59 Å². The first-order chi connectivity index (χ1) is 10.3. The first-order valence-corrected chi connectivity index (χ1v) is 8.07. The van der Waals surface area contributed by atoms with E-state index in [1.807, 2.05) is 6.07 Å². The summed E-state index contributed by atoms with van der Waals surface area (Å²) in [6.45, 7) is 4.43. The molecule has 1 fully saturated rings. The fourth-order valence-electron chi connectivity index (χ4n) is 2.46. The van der Waals surface area contributed by atoms with Crippen molar-refractivity contribution in [3.8, 4) is 0 Å². The van der Waals surface area contributed by atoms with Gasteiger partial charge in [0.1, 0.15) is 5.82 Å². The summed E-state index contributed by atoms with van der Waals surface area (Å²) in [4.78, 5) is 30.4. The van der Waals surface area contributed by atoms with E-state index in [1.165, 1.54) is 0 Å². The number of piperidine rings is 1. The Kier molecular flexibility index (Phi) is 5.18. The third-order valence-electron chi connectivity index (χ3n) is 3.61. The van der Waals surface area contributed by atoms with Gasteiger partial charge >= 0.3 is 0 Å². The molecule has 2 rings (SSSR count). The van der Waals surface area contributed by atoms with Crippen molar-refractivity contribution >= 4 is 33.6 Å². The van der Waals surface area contributed by atoms with E-state index in [-0.39, 0.29) is 17.7 Å². The minimum absolute atomic E-state index is 0.109. The maximum atomic E-state index is 12.3. The van der Waals surface area contributed by atoms with Gasteiger partial charge in [0.25, 0.3) is 0 Å². The summed E-state index contributed by atoms with van der Waals surface area (Å²) in [6.07, 6.45) is 3.19. The Balaban J connectivity index is 1.98. The third-order valence-corrected chi connectivity index (χ3v) is 4.08. The lowest BCUT2D eigenvalue weighted by atomic mass is 9.95. The second-order valence-electron chi connectivity index (χ2n) is 6.16. The van der Waals surface area contributed by atoms with Gasteiger partial charge in [-0.25, -0.2) is 4.98 Å². The largest absolute Gasteiger partial charge is 0.340 e. The molecule has 1 atom stereocenters. The molecular formula is C15H21BrN4O2. The van der Waals surface area contributed by atoms with Crippen molar-refractivity contribution in [2.45, 2.75) is 32.2 Å². The summed E-state index contributed by atoms with van der Waals surface area (Å²) in [6, 6.07) is 3.55. The second-order valence-corrected chi connectivity index (χ2v) is 7.08. The number of anilines is 1. The normalized spacial score (nSPS) is 18.9. The van der Waals surface area contributed by atoms with Crippen LogP contribution in [0.2, 0.25) is 0 Å². The van der Waals surface area contributed by atoms with E-state index in [2.05, 4.69) is 26.2 Å². The standard InChI is InChI=1S/C15H21BrN4O2/c1-15(2,17)14(22)20-7-3-4-10(9-20)13(21)19-12-6-5-11(16)8-18-12/h5-6,8,10H,3-4,7,9,17H2,1-2H3,(H,18,19,21). The van der Waals surface area contributed by atoms with Crippen LogP contribution in [0.25, 0.3) is 0 Å². The van der Waals surface area contributed by atoms with E-state index < -0.39 is 5.54 Å². The van der Waals surface area contributed by atoms with E-state index in [0.717, 1.165) is 17.3 Å². The number of nitrogens with two attached hydrogens (primary N) is 1. The zero-order valence-electron chi connectivity index (χ0n) is 12.8. The van der Waals surface area contributed by atoms with Crippen molar-refractivity contribution in [2.75, 3.05) is 18.4 Å². The van der Waals surface area contributed by atoms with E-state index in [0.29, 0.717) is 18.9 Å². The lowest BCUT2D eigenvalue weighted by Gasteiger charge is -2.35. The van der Waals surface area contributed by atoms with Crippen LogP contribution in [0.15, 0.2) is 22.8 Å². The Hall–Kier alpha value is -1.47. The van der Waals surface area contributed by atoms with Gasteiger partial charge in [-0.15, -0.1) is 0 Å². The van der Waals surface area contributed by atoms with E-state index in [1.54, 1.807) is 31.0 Å². The molecule has 2 amide bonds. The molecule has 1 aliphatic rings. The van der Waals surface area contributed by atoms with Crippen LogP contribution in [-0.2, 0) is 9.59 Å². The van der Waals surface area contributed by atoms with Gasteiger partial charge in [0.15, 0.2) is 0 Å². The fraction of sp³-hybridized carbons (Fsp3) is 0.533. The molecule has 0 saturated carbocycles. The average Bonchev–Trinajstić information content (AvgIpc) is 2.48. The number of hydrogen-bond acceptors (Lipinski definition) is 4. The molecule has 0 aliphatic carbocycles. The molecule has 0 aromatic carbocycles. The molecule has 120 valence electrons. The quantitative estimate of drug-likeness (QED) is 0.850. The number of halogens is 1. The smallest absolute Gasteiger partial charge is 0.242 e.